The molecule has 3 rings (SSSR count). The molecule has 0 aliphatic rings. The lowest BCUT2D eigenvalue weighted by Gasteiger charge is -2.09. The summed E-state index contributed by atoms with van der Waals surface area (Å²) in [5.74, 6) is -1.02. The van der Waals surface area contributed by atoms with Gasteiger partial charge in [0.1, 0.15) is 12.4 Å². The average Bonchev–Trinajstić information content (AvgIpc) is 2.73. The van der Waals surface area contributed by atoms with Crippen molar-refractivity contribution in [3.63, 3.8) is 0 Å². The zero-order valence-corrected chi connectivity index (χ0v) is 16.6. The fraction of sp³-hybridized carbons (Fsp3) is 0.0909. The lowest BCUT2D eigenvalue weighted by Crippen LogP contribution is -2.05. The molecule has 0 atom stereocenters. The third-order valence-electron chi connectivity index (χ3n) is 4.48. The first kappa shape index (κ1) is 21.0. The molecule has 0 aromatic heterocycles. The average molecular weight is 426 g/mol. The molecule has 0 aliphatic carbocycles. The number of carbonyl (C=O) groups excluding carboxylic acids is 1. The van der Waals surface area contributed by atoms with E-state index in [1.807, 2.05) is 6.92 Å². The minimum Gasteiger partial charge on any atom is -0.489 e. The Morgan fingerprint density at radius 1 is 1.03 bits per heavy atom. The summed E-state index contributed by atoms with van der Waals surface area (Å²) < 4.78 is 5.58. The first-order valence-corrected chi connectivity index (χ1v) is 9.18. The van der Waals surface area contributed by atoms with E-state index in [4.69, 9.17) is 21.4 Å². The second kappa shape index (κ2) is 8.75. The highest BCUT2D eigenvalue weighted by Gasteiger charge is 2.18. The second-order valence-electron chi connectivity index (χ2n) is 6.51. The normalized spacial score (nSPS) is 10.5. The lowest BCUT2D eigenvalue weighted by atomic mass is 9.99. The molecule has 0 radical (unpaired) electrons. The first-order chi connectivity index (χ1) is 14.3. The van der Waals surface area contributed by atoms with Crippen LogP contribution in [0.15, 0.2) is 60.7 Å². The highest BCUT2D eigenvalue weighted by molar-refractivity contribution is 6.31. The summed E-state index contributed by atoms with van der Waals surface area (Å²) in [6.07, 6.45) is 0. The number of hydrogen-bond acceptors (Lipinski definition) is 5. The molecule has 30 heavy (non-hydrogen) atoms. The fourth-order valence-corrected chi connectivity index (χ4v) is 3.02. The number of benzene rings is 3. The van der Waals surface area contributed by atoms with Crippen LogP contribution in [0.1, 0.15) is 37.4 Å². The van der Waals surface area contributed by atoms with Gasteiger partial charge in [-0.15, -0.1) is 0 Å². The molecule has 0 saturated heterocycles. The van der Waals surface area contributed by atoms with Gasteiger partial charge in [-0.3, -0.25) is 14.9 Å². The summed E-state index contributed by atoms with van der Waals surface area (Å²) in [7, 11) is 0. The maximum Gasteiger partial charge on any atom is 0.335 e. The van der Waals surface area contributed by atoms with Crippen LogP contribution in [0.3, 0.4) is 0 Å². The molecule has 0 saturated carbocycles. The number of rotatable bonds is 7. The molecule has 3 aromatic rings. The zero-order chi connectivity index (χ0) is 21.8. The molecule has 1 N–H and O–H groups in total. The number of halogens is 1. The molecular formula is C22H16ClNO6. The number of carboxylic acid groups (broad SMARTS) is 1. The minimum atomic E-state index is -1.25. The molecule has 0 bridgehead atoms. The van der Waals surface area contributed by atoms with Crippen LogP contribution in [0, 0.1) is 17.0 Å². The number of aryl methyl sites for hydroxylation is 1. The maximum absolute atomic E-state index is 12.7. The Labute approximate surface area is 176 Å². The third-order valence-corrected chi connectivity index (χ3v) is 4.72. The fourth-order valence-electron chi connectivity index (χ4n) is 2.85. The molecule has 0 amide bonds. The Balaban J connectivity index is 1.75. The zero-order valence-electron chi connectivity index (χ0n) is 15.8. The van der Waals surface area contributed by atoms with E-state index in [9.17, 15) is 19.7 Å². The number of hydrogen-bond donors (Lipinski definition) is 1. The van der Waals surface area contributed by atoms with Crippen molar-refractivity contribution in [2.75, 3.05) is 0 Å². The van der Waals surface area contributed by atoms with Gasteiger partial charge in [0.05, 0.1) is 16.1 Å². The van der Waals surface area contributed by atoms with Crippen LogP contribution < -0.4 is 4.74 Å². The van der Waals surface area contributed by atoms with Crippen LogP contribution in [0.2, 0.25) is 5.02 Å². The SMILES string of the molecule is Cc1ccc(Cl)cc1C(=O)c1ccc(OCc2ccc(C(=O)O)cc2[N+](=O)[O-])cc1. The Bertz CT molecular complexity index is 1140. The summed E-state index contributed by atoms with van der Waals surface area (Å²) in [6, 6.07) is 15.1. The summed E-state index contributed by atoms with van der Waals surface area (Å²) in [6.45, 7) is 1.69. The molecule has 152 valence electrons. The van der Waals surface area contributed by atoms with Crippen LogP contribution in [0.5, 0.6) is 5.75 Å². The largest absolute Gasteiger partial charge is 0.489 e. The molecule has 0 fully saturated rings. The minimum absolute atomic E-state index is 0.128. The highest BCUT2D eigenvalue weighted by Crippen LogP contribution is 2.24. The van der Waals surface area contributed by atoms with E-state index in [0.29, 0.717) is 21.9 Å². The standard InChI is InChI=1S/C22H16ClNO6/c1-13-2-7-17(23)11-19(13)21(25)14-5-8-18(9-6-14)30-12-16-4-3-15(22(26)27)10-20(16)24(28)29/h2-11H,12H2,1H3,(H,26,27). The van der Waals surface area contributed by atoms with Gasteiger partial charge in [0.15, 0.2) is 5.78 Å². The Morgan fingerprint density at radius 3 is 2.33 bits per heavy atom. The predicted octanol–water partition coefficient (Wildman–Crippen LogP) is 5.06. The third kappa shape index (κ3) is 4.64. The highest BCUT2D eigenvalue weighted by atomic mass is 35.5. The Hall–Kier alpha value is -3.71. The van der Waals surface area contributed by atoms with E-state index in [1.165, 1.54) is 12.1 Å². The number of nitrogens with zero attached hydrogens (tertiary/aromatic N) is 1. The smallest absolute Gasteiger partial charge is 0.335 e. The Kier molecular flexibility index (Phi) is 6.13. The molecule has 8 heteroatoms. The number of carbonyl (C=O) groups is 2. The van der Waals surface area contributed by atoms with Crippen molar-refractivity contribution in [3.8, 4) is 5.75 Å². The van der Waals surface area contributed by atoms with Crippen molar-refractivity contribution in [1.29, 1.82) is 0 Å². The molecule has 0 spiro atoms. The van der Waals surface area contributed by atoms with Crippen LogP contribution in [-0.4, -0.2) is 21.8 Å². The number of ketones is 1. The number of carboxylic acids is 1. The van der Waals surface area contributed by atoms with Gasteiger partial charge in [-0.2, -0.15) is 0 Å². The van der Waals surface area contributed by atoms with Crippen LogP contribution in [0.4, 0.5) is 5.69 Å². The summed E-state index contributed by atoms with van der Waals surface area (Å²) in [4.78, 5) is 34.3. The van der Waals surface area contributed by atoms with Crippen molar-refractivity contribution in [2.24, 2.45) is 0 Å². The van der Waals surface area contributed by atoms with Crippen LogP contribution in [-0.2, 0) is 6.61 Å². The predicted molar refractivity (Wildman–Crippen MR) is 110 cm³/mol. The Morgan fingerprint density at radius 2 is 1.70 bits per heavy atom. The first-order valence-electron chi connectivity index (χ1n) is 8.80. The summed E-state index contributed by atoms with van der Waals surface area (Å²) in [5.41, 5.74) is 1.49. The van der Waals surface area contributed by atoms with Gasteiger partial charge in [-0.25, -0.2) is 4.79 Å². The van der Waals surface area contributed by atoms with Crippen LogP contribution in [0.25, 0.3) is 0 Å². The molecule has 7 nitrogen and oxygen atoms in total. The number of nitro groups is 1. The maximum atomic E-state index is 12.7. The van der Waals surface area contributed by atoms with Gasteiger partial charge in [0.2, 0.25) is 0 Å². The monoisotopic (exact) mass is 425 g/mol. The number of aromatic carboxylic acids is 1. The van der Waals surface area contributed by atoms with Gasteiger partial charge >= 0.3 is 5.97 Å². The van der Waals surface area contributed by atoms with Gasteiger partial charge in [0.25, 0.3) is 5.69 Å². The molecule has 0 heterocycles. The van der Waals surface area contributed by atoms with Gasteiger partial charge < -0.3 is 9.84 Å². The van der Waals surface area contributed by atoms with Crippen molar-refractivity contribution in [2.45, 2.75) is 13.5 Å². The van der Waals surface area contributed by atoms with E-state index in [0.717, 1.165) is 11.6 Å². The molecule has 0 unspecified atom stereocenters. The van der Waals surface area contributed by atoms with Crippen molar-refractivity contribution in [1.82, 2.24) is 0 Å². The second-order valence-corrected chi connectivity index (χ2v) is 6.94. The number of ether oxygens (including phenoxy) is 1. The van der Waals surface area contributed by atoms with E-state index >= 15 is 0 Å². The summed E-state index contributed by atoms with van der Waals surface area (Å²) in [5, 5.41) is 20.7. The van der Waals surface area contributed by atoms with E-state index in [-0.39, 0.29) is 29.2 Å². The van der Waals surface area contributed by atoms with Crippen molar-refractivity contribution in [3.05, 3.63) is 104 Å². The van der Waals surface area contributed by atoms with E-state index in [2.05, 4.69) is 0 Å². The number of nitro benzene ring substituents is 1. The van der Waals surface area contributed by atoms with Gasteiger partial charge in [0, 0.05) is 22.2 Å². The van der Waals surface area contributed by atoms with E-state index < -0.39 is 10.9 Å². The van der Waals surface area contributed by atoms with E-state index in [1.54, 1.807) is 42.5 Å². The van der Waals surface area contributed by atoms with Gasteiger partial charge in [-0.1, -0.05) is 17.7 Å². The van der Waals surface area contributed by atoms with Gasteiger partial charge in [-0.05, 0) is 61.0 Å². The lowest BCUT2D eigenvalue weighted by molar-refractivity contribution is -0.385. The quantitative estimate of drug-likeness (QED) is 0.322. The molecule has 3 aromatic carbocycles. The van der Waals surface area contributed by atoms with Crippen molar-refractivity contribution < 1.29 is 24.4 Å². The molecule has 0 aliphatic heterocycles. The summed E-state index contributed by atoms with van der Waals surface area (Å²) >= 11 is 5.98. The topological polar surface area (TPSA) is 107 Å². The molecular weight excluding hydrogens is 410 g/mol. The van der Waals surface area contributed by atoms with Crippen LogP contribution >= 0.6 is 11.6 Å². The van der Waals surface area contributed by atoms with Crippen molar-refractivity contribution >= 4 is 29.0 Å².